The highest BCUT2D eigenvalue weighted by Gasteiger charge is 2.33. The second-order valence-electron chi connectivity index (χ2n) is 6.35. The van der Waals surface area contributed by atoms with Gasteiger partial charge in [-0.15, -0.1) is 0 Å². The standard InChI is InChI=1S/C21H23NO4/c1-25-19-10-6-3-7-15(19)11-12-20(23)22-14-16(13-21(24)26-2)17-8-4-5-9-18(17)22/h3-10,16H,11-14H2,1-2H3. The average Bonchev–Trinajstić information content (AvgIpc) is 3.05. The van der Waals surface area contributed by atoms with E-state index in [0.29, 0.717) is 19.4 Å². The molecule has 1 unspecified atom stereocenters. The lowest BCUT2D eigenvalue weighted by atomic mass is 9.98. The van der Waals surface area contributed by atoms with Crippen molar-refractivity contribution in [2.45, 2.75) is 25.2 Å². The number of para-hydroxylation sites is 2. The summed E-state index contributed by atoms with van der Waals surface area (Å²) in [6.45, 7) is 0.513. The lowest BCUT2D eigenvalue weighted by Gasteiger charge is -2.18. The number of hydrogen-bond donors (Lipinski definition) is 0. The van der Waals surface area contributed by atoms with E-state index in [9.17, 15) is 9.59 Å². The molecular weight excluding hydrogens is 330 g/mol. The molecule has 0 saturated heterocycles. The molecule has 3 rings (SSSR count). The van der Waals surface area contributed by atoms with Gasteiger partial charge in [-0.25, -0.2) is 0 Å². The van der Waals surface area contributed by atoms with E-state index >= 15 is 0 Å². The maximum atomic E-state index is 12.9. The minimum atomic E-state index is -0.256. The maximum Gasteiger partial charge on any atom is 0.306 e. The third-order valence-electron chi connectivity index (χ3n) is 4.81. The first-order chi connectivity index (χ1) is 12.6. The number of esters is 1. The molecule has 5 heteroatoms. The number of fused-ring (bicyclic) bond motifs is 1. The summed E-state index contributed by atoms with van der Waals surface area (Å²) < 4.78 is 10.2. The molecule has 0 N–H and O–H groups in total. The van der Waals surface area contributed by atoms with E-state index in [0.717, 1.165) is 22.6 Å². The summed E-state index contributed by atoms with van der Waals surface area (Å²) in [5.41, 5.74) is 2.94. The van der Waals surface area contributed by atoms with Crippen LogP contribution in [-0.4, -0.2) is 32.6 Å². The van der Waals surface area contributed by atoms with Crippen LogP contribution in [0.3, 0.4) is 0 Å². The summed E-state index contributed by atoms with van der Waals surface area (Å²) in [7, 11) is 3.02. The Labute approximate surface area is 153 Å². The topological polar surface area (TPSA) is 55.8 Å². The molecule has 136 valence electrons. The fraction of sp³-hybridized carbons (Fsp3) is 0.333. The van der Waals surface area contributed by atoms with E-state index in [1.165, 1.54) is 7.11 Å². The van der Waals surface area contributed by atoms with E-state index in [-0.39, 0.29) is 24.2 Å². The van der Waals surface area contributed by atoms with Crippen molar-refractivity contribution in [2.75, 3.05) is 25.7 Å². The monoisotopic (exact) mass is 353 g/mol. The zero-order chi connectivity index (χ0) is 18.5. The Morgan fingerprint density at radius 2 is 1.81 bits per heavy atom. The van der Waals surface area contributed by atoms with Crippen LogP contribution in [0.25, 0.3) is 0 Å². The number of nitrogens with zero attached hydrogens (tertiary/aromatic N) is 1. The van der Waals surface area contributed by atoms with Gasteiger partial charge in [0.25, 0.3) is 0 Å². The smallest absolute Gasteiger partial charge is 0.306 e. The van der Waals surface area contributed by atoms with E-state index in [1.54, 1.807) is 12.0 Å². The minimum Gasteiger partial charge on any atom is -0.496 e. The van der Waals surface area contributed by atoms with Gasteiger partial charge in [-0.3, -0.25) is 9.59 Å². The zero-order valence-electron chi connectivity index (χ0n) is 15.1. The molecule has 1 amide bonds. The molecule has 0 saturated carbocycles. The SMILES string of the molecule is COC(=O)CC1CN(C(=O)CCc2ccccc2OC)c2ccccc21. The fourth-order valence-electron chi connectivity index (χ4n) is 3.48. The second-order valence-corrected chi connectivity index (χ2v) is 6.35. The number of benzene rings is 2. The second kappa shape index (κ2) is 8.04. The van der Waals surface area contributed by atoms with Gasteiger partial charge in [-0.1, -0.05) is 36.4 Å². The number of rotatable bonds is 6. The molecule has 1 aliphatic rings. The molecule has 1 aliphatic heterocycles. The van der Waals surface area contributed by atoms with Gasteiger partial charge >= 0.3 is 5.97 Å². The van der Waals surface area contributed by atoms with Crippen LogP contribution in [0.2, 0.25) is 0 Å². The number of methoxy groups -OCH3 is 2. The van der Waals surface area contributed by atoms with Crippen molar-refractivity contribution >= 4 is 17.6 Å². The summed E-state index contributed by atoms with van der Waals surface area (Å²) in [6, 6.07) is 15.5. The Hall–Kier alpha value is -2.82. The van der Waals surface area contributed by atoms with Crippen LogP contribution in [0.15, 0.2) is 48.5 Å². The Balaban J connectivity index is 1.72. The Kier molecular flexibility index (Phi) is 5.56. The first kappa shape index (κ1) is 18.0. The fourth-order valence-corrected chi connectivity index (χ4v) is 3.48. The van der Waals surface area contributed by atoms with E-state index in [2.05, 4.69) is 0 Å². The molecule has 2 aromatic carbocycles. The highest BCUT2D eigenvalue weighted by Crippen LogP contribution is 2.38. The molecule has 0 aromatic heterocycles. The summed E-state index contributed by atoms with van der Waals surface area (Å²) in [6.07, 6.45) is 1.28. The van der Waals surface area contributed by atoms with Crippen LogP contribution in [0, 0.1) is 0 Å². The summed E-state index contributed by atoms with van der Waals surface area (Å²) in [5.74, 6) is 0.573. The Bertz CT molecular complexity index is 802. The van der Waals surface area contributed by atoms with Crippen molar-refractivity contribution in [2.24, 2.45) is 0 Å². The summed E-state index contributed by atoms with van der Waals surface area (Å²) >= 11 is 0. The van der Waals surface area contributed by atoms with Crippen LogP contribution in [-0.2, 0) is 20.7 Å². The number of aryl methyl sites for hydroxylation is 1. The van der Waals surface area contributed by atoms with Gasteiger partial charge in [0.05, 0.1) is 20.6 Å². The Morgan fingerprint density at radius 3 is 2.58 bits per heavy atom. The van der Waals surface area contributed by atoms with Crippen LogP contribution < -0.4 is 9.64 Å². The highest BCUT2D eigenvalue weighted by atomic mass is 16.5. The van der Waals surface area contributed by atoms with Gasteiger partial charge < -0.3 is 14.4 Å². The average molecular weight is 353 g/mol. The number of ether oxygens (including phenoxy) is 2. The van der Waals surface area contributed by atoms with Gasteiger partial charge in [-0.2, -0.15) is 0 Å². The lowest BCUT2D eigenvalue weighted by Crippen LogP contribution is -2.30. The summed E-state index contributed by atoms with van der Waals surface area (Å²) in [4.78, 5) is 26.3. The summed E-state index contributed by atoms with van der Waals surface area (Å²) in [5, 5.41) is 0. The molecule has 1 heterocycles. The number of hydrogen-bond acceptors (Lipinski definition) is 4. The minimum absolute atomic E-state index is 0.0196. The molecule has 0 spiro atoms. The molecule has 0 aliphatic carbocycles. The van der Waals surface area contributed by atoms with Gasteiger partial charge in [0.1, 0.15) is 5.75 Å². The first-order valence-electron chi connectivity index (χ1n) is 8.72. The third-order valence-corrected chi connectivity index (χ3v) is 4.81. The molecule has 26 heavy (non-hydrogen) atoms. The first-order valence-corrected chi connectivity index (χ1v) is 8.72. The molecule has 5 nitrogen and oxygen atoms in total. The molecule has 1 atom stereocenters. The number of carbonyl (C=O) groups is 2. The Morgan fingerprint density at radius 1 is 1.08 bits per heavy atom. The predicted molar refractivity (Wildman–Crippen MR) is 99.5 cm³/mol. The normalized spacial score (nSPS) is 15.5. The van der Waals surface area contributed by atoms with E-state index in [1.807, 2.05) is 48.5 Å². The van der Waals surface area contributed by atoms with Crippen molar-refractivity contribution < 1.29 is 19.1 Å². The van der Waals surface area contributed by atoms with Gasteiger partial charge in [0.2, 0.25) is 5.91 Å². The largest absolute Gasteiger partial charge is 0.496 e. The molecule has 2 aromatic rings. The molecular formula is C21H23NO4. The van der Waals surface area contributed by atoms with Crippen LogP contribution in [0.5, 0.6) is 5.75 Å². The van der Waals surface area contributed by atoms with Gasteiger partial charge in [-0.05, 0) is 29.7 Å². The number of carbonyl (C=O) groups excluding carboxylic acids is 2. The number of anilines is 1. The van der Waals surface area contributed by atoms with Crippen LogP contribution in [0.4, 0.5) is 5.69 Å². The van der Waals surface area contributed by atoms with Gasteiger partial charge in [0.15, 0.2) is 0 Å². The third kappa shape index (κ3) is 3.72. The van der Waals surface area contributed by atoms with Crippen molar-refractivity contribution in [3.8, 4) is 5.75 Å². The van der Waals surface area contributed by atoms with Gasteiger partial charge in [0, 0.05) is 24.6 Å². The van der Waals surface area contributed by atoms with Crippen molar-refractivity contribution in [1.82, 2.24) is 0 Å². The van der Waals surface area contributed by atoms with Crippen molar-refractivity contribution in [1.29, 1.82) is 0 Å². The molecule has 0 radical (unpaired) electrons. The molecule has 0 bridgehead atoms. The lowest BCUT2D eigenvalue weighted by molar-refractivity contribution is -0.141. The van der Waals surface area contributed by atoms with E-state index < -0.39 is 0 Å². The van der Waals surface area contributed by atoms with Crippen LogP contribution in [0.1, 0.15) is 29.9 Å². The quantitative estimate of drug-likeness (QED) is 0.748. The highest BCUT2D eigenvalue weighted by molar-refractivity contribution is 5.96. The van der Waals surface area contributed by atoms with Crippen LogP contribution >= 0.6 is 0 Å². The number of amides is 1. The van der Waals surface area contributed by atoms with E-state index in [4.69, 9.17) is 9.47 Å². The zero-order valence-corrected chi connectivity index (χ0v) is 15.1. The van der Waals surface area contributed by atoms with Crippen molar-refractivity contribution in [3.63, 3.8) is 0 Å². The van der Waals surface area contributed by atoms with Crippen molar-refractivity contribution in [3.05, 3.63) is 59.7 Å². The maximum absolute atomic E-state index is 12.9. The predicted octanol–water partition coefficient (Wildman–Crippen LogP) is 3.32. The molecule has 0 fully saturated rings.